The molecule has 6 nitrogen and oxygen atoms in total. The predicted molar refractivity (Wildman–Crippen MR) is 98.7 cm³/mol. The monoisotopic (exact) mass is 332 g/mol. The SMILES string of the molecule is CN(c1ccc(C#N)cn1)[C@]1(C)CCN(c2ccnc3[nH]ccc23)C1. The Morgan fingerprint density at radius 3 is 2.92 bits per heavy atom. The van der Waals surface area contributed by atoms with Gasteiger partial charge in [0.15, 0.2) is 0 Å². The average Bonchev–Trinajstić information content (AvgIpc) is 3.28. The van der Waals surface area contributed by atoms with Crippen LogP contribution in [0, 0.1) is 11.3 Å². The number of nitrogens with zero attached hydrogens (tertiary/aromatic N) is 5. The number of hydrogen-bond acceptors (Lipinski definition) is 5. The molecular formula is C19H20N6. The van der Waals surface area contributed by atoms with Crippen molar-refractivity contribution in [1.82, 2.24) is 15.0 Å². The smallest absolute Gasteiger partial charge is 0.139 e. The minimum Gasteiger partial charge on any atom is -0.368 e. The summed E-state index contributed by atoms with van der Waals surface area (Å²) >= 11 is 0. The van der Waals surface area contributed by atoms with Crippen molar-refractivity contribution >= 4 is 22.5 Å². The van der Waals surface area contributed by atoms with E-state index in [2.05, 4.69) is 56.9 Å². The Morgan fingerprint density at radius 2 is 2.16 bits per heavy atom. The van der Waals surface area contributed by atoms with E-state index in [1.165, 1.54) is 5.69 Å². The first kappa shape index (κ1) is 15.5. The molecule has 3 aromatic rings. The van der Waals surface area contributed by atoms with Crippen LogP contribution in [0.1, 0.15) is 18.9 Å². The van der Waals surface area contributed by atoms with Crippen LogP contribution in [0.4, 0.5) is 11.5 Å². The summed E-state index contributed by atoms with van der Waals surface area (Å²) in [5.41, 5.74) is 2.71. The molecule has 1 N–H and O–H groups in total. The molecule has 0 aliphatic carbocycles. The van der Waals surface area contributed by atoms with E-state index in [-0.39, 0.29) is 5.54 Å². The third-order valence-electron chi connectivity index (χ3n) is 5.26. The number of nitrogens with one attached hydrogen (secondary N) is 1. The van der Waals surface area contributed by atoms with Gasteiger partial charge in [0, 0.05) is 49.8 Å². The quantitative estimate of drug-likeness (QED) is 0.798. The van der Waals surface area contributed by atoms with Crippen LogP contribution < -0.4 is 9.80 Å². The maximum atomic E-state index is 8.94. The molecule has 6 heteroatoms. The molecule has 1 atom stereocenters. The predicted octanol–water partition coefficient (Wildman–Crippen LogP) is 2.93. The standard InChI is InChI=1S/C19H20N6/c1-19(24(2)17-4-3-14(11-20)12-23-17)7-10-25(13-19)16-6-9-22-18-15(16)5-8-21-18/h3-6,8-9,12H,7,10,13H2,1-2H3,(H,21,22)/t19-/m1/s1. The van der Waals surface area contributed by atoms with Crippen LogP contribution in [0.25, 0.3) is 11.0 Å². The Bertz CT molecular complexity index is 938. The maximum Gasteiger partial charge on any atom is 0.139 e. The fourth-order valence-corrected chi connectivity index (χ4v) is 3.57. The second-order valence-electron chi connectivity index (χ2n) is 6.81. The van der Waals surface area contributed by atoms with E-state index in [9.17, 15) is 0 Å². The minimum atomic E-state index is -0.0208. The molecule has 0 bridgehead atoms. The first-order valence-corrected chi connectivity index (χ1v) is 8.38. The van der Waals surface area contributed by atoms with Crippen molar-refractivity contribution in [2.75, 3.05) is 29.9 Å². The van der Waals surface area contributed by atoms with E-state index in [0.717, 1.165) is 36.4 Å². The van der Waals surface area contributed by atoms with Gasteiger partial charge in [-0.15, -0.1) is 0 Å². The van der Waals surface area contributed by atoms with Crippen molar-refractivity contribution in [3.63, 3.8) is 0 Å². The summed E-state index contributed by atoms with van der Waals surface area (Å²) < 4.78 is 0. The van der Waals surface area contributed by atoms with E-state index >= 15 is 0 Å². The molecule has 1 fully saturated rings. The van der Waals surface area contributed by atoms with E-state index in [1.54, 1.807) is 6.20 Å². The lowest BCUT2D eigenvalue weighted by molar-refractivity contribution is 0.487. The summed E-state index contributed by atoms with van der Waals surface area (Å²) in [4.78, 5) is 16.6. The van der Waals surface area contributed by atoms with Crippen LogP contribution in [0.5, 0.6) is 0 Å². The second-order valence-corrected chi connectivity index (χ2v) is 6.81. The molecule has 1 saturated heterocycles. The highest BCUT2D eigenvalue weighted by Gasteiger charge is 2.38. The number of aromatic nitrogens is 3. The first-order chi connectivity index (χ1) is 12.1. The van der Waals surface area contributed by atoms with Crippen molar-refractivity contribution in [3.8, 4) is 6.07 Å². The third kappa shape index (κ3) is 2.58. The number of rotatable bonds is 3. The molecule has 0 radical (unpaired) electrons. The molecule has 4 rings (SSSR count). The first-order valence-electron chi connectivity index (χ1n) is 8.38. The summed E-state index contributed by atoms with van der Waals surface area (Å²) in [6, 6.07) is 10.0. The molecule has 1 aliphatic heterocycles. The Kier molecular flexibility index (Phi) is 3.57. The second kappa shape index (κ2) is 5.78. The highest BCUT2D eigenvalue weighted by molar-refractivity contribution is 5.90. The number of likely N-dealkylation sites (N-methyl/N-ethyl adjacent to an activating group) is 1. The van der Waals surface area contributed by atoms with Crippen LogP contribution in [0.2, 0.25) is 0 Å². The molecular weight excluding hydrogens is 312 g/mol. The van der Waals surface area contributed by atoms with Crippen LogP contribution in [-0.2, 0) is 0 Å². The molecule has 126 valence electrons. The van der Waals surface area contributed by atoms with Gasteiger partial charge in [0.25, 0.3) is 0 Å². The van der Waals surface area contributed by atoms with E-state index < -0.39 is 0 Å². The Morgan fingerprint density at radius 1 is 1.28 bits per heavy atom. The number of H-pyrrole nitrogens is 1. The van der Waals surface area contributed by atoms with E-state index in [4.69, 9.17) is 5.26 Å². The zero-order chi connectivity index (χ0) is 17.4. The number of pyridine rings is 2. The minimum absolute atomic E-state index is 0.0208. The van der Waals surface area contributed by atoms with Crippen molar-refractivity contribution in [3.05, 3.63) is 48.4 Å². The maximum absolute atomic E-state index is 8.94. The highest BCUT2D eigenvalue weighted by atomic mass is 15.3. The van der Waals surface area contributed by atoms with Gasteiger partial charge in [-0.3, -0.25) is 0 Å². The van der Waals surface area contributed by atoms with Crippen LogP contribution in [0.3, 0.4) is 0 Å². The lowest BCUT2D eigenvalue weighted by atomic mass is 9.99. The average molecular weight is 332 g/mol. The van der Waals surface area contributed by atoms with Gasteiger partial charge >= 0.3 is 0 Å². The van der Waals surface area contributed by atoms with Gasteiger partial charge in [-0.05, 0) is 37.6 Å². The van der Waals surface area contributed by atoms with Crippen LogP contribution in [0.15, 0.2) is 42.9 Å². The Hall–Kier alpha value is -3.07. The molecule has 3 aromatic heterocycles. The summed E-state index contributed by atoms with van der Waals surface area (Å²) in [5, 5.41) is 10.1. The molecule has 25 heavy (non-hydrogen) atoms. The number of aromatic amines is 1. The zero-order valence-corrected chi connectivity index (χ0v) is 14.4. The van der Waals surface area contributed by atoms with Crippen LogP contribution >= 0.6 is 0 Å². The van der Waals surface area contributed by atoms with E-state index in [1.807, 2.05) is 24.5 Å². The lowest BCUT2D eigenvalue weighted by Gasteiger charge is -2.36. The van der Waals surface area contributed by atoms with Gasteiger partial charge in [-0.25, -0.2) is 9.97 Å². The number of fused-ring (bicyclic) bond motifs is 1. The van der Waals surface area contributed by atoms with Gasteiger partial charge in [0.05, 0.1) is 11.1 Å². The number of anilines is 2. The van der Waals surface area contributed by atoms with Crippen LogP contribution in [-0.4, -0.2) is 40.6 Å². The highest BCUT2D eigenvalue weighted by Crippen LogP contribution is 2.35. The van der Waals surface area contributed by atoms with E-state index in [0.29, 0.717) is 5.56 Å². The zero-order valence-electron chi connectivity index (χ0n) is 14.4. The molecule has 0 spiro atoms. The summed E-state index contributed by atoms with van der Waals surface area (Å²) in [5.74, 6) is 0.893. The largest absolute Gasteiger partial charge is 0.368 e. The van der Waals surface area contributed by atoms with Gasteiger partial charge in [0.2, 0.25) is 0 Å². The van der Waals surface area contributed by atoms with Gasteiger partial charge in [-0.2, -0.15) is 5.26 Å². The summed E-state index contributed by atoms with van der Waals surface area (Å²) in [6.45, 7) is 4.17. The Balaban J connectivity index is 1.59. The number of hydrogen-bond donors (Lipinski definition) is 1. The number of nitriles is 1. The van der Waals surface area contributed by atoms with Crippen molar-refractivity contribution < 1.29 is 0 Å². The van der Waals surface area contributed by atoms with Crippen molar-refractivity contribution in [1.29, 1.82) is 5.26 Å². The normalized spacial score (nSPS) is 20.0. The topological polar surface area (TPSA) is 71.8 Å². The summed E-state index contributed by atoms with van der Waals surface area (Å²) in [7, 11) is 2.08. The fraction of sp³-hybridized carbons (Fsp3) is 0.316. The summed E-state index contributed by atoms with van der Waals surface area (Å²) in [6.07, 6.45) is 6.46. The fourth-order valence-electron chi connectivity index (χ4n) is 3.57. The molecule has 0 aromatic carbocycles. The molecule has 4 heterocycles. The molecule has 0 unspecified atom stereocenters. The van der Waals surface area contributed by atoms with Crippen molar-refractivity contribution in [2.24, 2.45) is 0 Å². The van der Waals surface area contributed by atoms with Gasteiger partial charge in [0.1, 0.15) is 17.5 Å². The van der Waals surface area contributed by atoms with Gasteiger partial charge < -0.3 is 14.8 Å². The lowest BCUT2D eigenvalue weighted by Crippen LogP contribution is -2.46. The van der Waals surface area contributed by atoms with Gasteiger partial charge in [-0.1, -0.05) is 0 Å². The molecule has 1 aliphatic rings. The Labute approximate surface area is 146 Å². The third-order valence-corrected chi connectivity index (χ3v) is 5.26. The molecule has 0 amide bonds. The molecule has 0 saturated carbocycles. The van der Waals surface area contributed by atoms with Crippen molar-refractivity contribution in [2.45, 2.75) is 18.9 Å².